The topological polar surface area (TPSA) is 84.0 Å². The zero-order valence-electron chi connectivity index (χ0n) is 11.9. The summed E-state index contributed by atoms with van der Waals surface area (Å²) >= 11 is 0. The third-order valence-electron chi connectivity index (χ3n) is 3.35. The number of hydrogen-bond donors (Lipinski definition) is 0. The van der Waals surface area contributed by atoms with Gasteiger partial charge in [-0.25, -0.2) is 16.8 Å². The van der Waals surface area contributed by atoms with Gasteiger partial charge in [0, 0.05) is 26.2 Å². The molecule has 0 bridgehead atoms. The molecule has 0 saturated carbocycles. The van der Waals surface area contributed by atoms with Crippen LogP contribution in [0.1, 0.15) is 0 Å². The van der Waals surface area contributed by atoms with Crippen molar-refractivity contribution in [2.75, 3.05) is 39.5 Å². The highest BCUT2D eigenvalue weighted by molar-refractivity contribution is 7.89. The lowest BCUT2D eigenvalue weighted by Crippen LogP contribution is -2.50. The summed E-state index contributed by atoms with van der Waals surface area (Å²) in [5.41, 5.74) is 0. The molecule has 1 aliphatic rings. The summed E-state index contributed by atoms with van der Waals surface area (Å²) in [7, 11) is -5.56. The van der Waals surface area contributed by atoms with E-state index in [2.05, 4.69) is 0 Å². The number of benzene rings is 1. The molecule has 0 unspecified atom stereocenters. The van der Waals surface area contributed by atoms with Crippen LogP contribution in [0.3, 0.4) is 0 Å². The molecule has 0 aromatic heterocycles. The Labute approximate surface area is 125 Å². The van der Waals surface area contributed by atoms with Crippen LogP contribution in [0.2, 0.25) is 0 Å². The second-order valence-corrected chi connectivity index (χ2v) is 8.61. The Morgan fingerprint density at radius 1 is 0.952 bits per heavy atom. The first-order chi connectivity index (χ1) is 9.76. The third kappa shape index (κ3) is 3.37. The van der Waals surface area contributed by atoms with E-state index in [4.69, 9.17) is 4.74 Å². The number of rotatable bonds is 4. The molecule has 118 valence electrons. The van der Waals surface area contributed by atoms with Gasteiger partial charge >= 0.3 is 0 Å². The fourth-order valence-corrected chi connectivity index (χ4v) is 4.62. The molecular weight excluding hydrogens is 316 g/mol. The van der Waals surface area contributed by atoms with Gasteiger partial charge in [0.25, 0.3) is 0 Å². The summed E-state index contributed by atoms with van der Waals surface area (Å²) in [5, 5.41) is 0. The Balaban J connectivity index is 2.23. The van der Waals surface area contributed by atoms with Gasteiger partial charge in [-0.2, -0.15) is 8.61 Å². The number of piperazine rings is 1. The van der Waals surface area contributed by atoms with E-state index in [1.54, 1.807) is 18.2 Å². The fraction of sp³-hybridized carbons (Fsp3) is 0.500. The molecule has 1 heterocycles. The summed E-state index contributed by atoms with van der Waals surface area (Å²) in [6, 6.07) is 6.39. The van der Waals surface area contributed by atoms with Crippen molar-refractivity contribution in [1.82, 2.24) is 8.61 Å². The molecule has 1 aromatic rings. The molecule has 2 rings (SSSR count). The minimum Gasteiger partial charge on any atom is -0.495 e. The van der Waals surface area contributed by atoms with E-state index in [1.807, 2.05) is 0 Å². The largest absolute Gasteiger partial charge is 0.495 e. The number of para-hydroxylation sites is 1. The van der Waals surface area contributed by atoms with Crippen LogP contribution in [0.4, 0.5) is 0 Å². The zero-order chi connectivity index (χ0) is 15.7. The van der Waals surface area contributed by atoms with Crippen LogP contribution >= 0.6 is 0 Å². The number of ether oxygens (including phenoxy) is 1. The summed E-state index contributed by atoms with van der Waals surface area (Å²) in [5.74, 6) is 0.281. The average Bonchev–Trinajstić information content (AvgIpc) is 2.46. The molecule has 0 radical (unpaired) electrons. The molecule has 1 saturated heterocycles. The molecule has 0 amide bonds. The highest BCUT2D eigenvalue weighted by Crippen LogP contribution is 2.27. The minimum absolute atomic E-state index is 0.0975. The normalized spacial score (nSPS) is 18.6. The van der Waals surface area contributed by atoms with Crippen LogP contribution in [0.5, 0.6) is 5.75 Å². The first-order valence-electron chi connectivity index (χ1n) is 6.35. The van der Waals surface area contributed by atoms with Crippen molar-refractivity contribution in [1.29, 1.82) is 0 Å². The van der Waals surface area contributed by atoms with Crippen molar-refractivity contribution in [2.45, 2.75) is 4.90 Å². The summed E-state index contributed by atoms with van der Waals surface area (Å²) in [6.07, 6.45) is 1.12. The van der Waals surface area contributed by atoms with Crippen LogP contribution in [0.25, 0.3) is 0 Å². The predicted molar refractivity (Wildman–Crippen MR) is 78.2 cm³/mol. The maximum atomic E-state index is 12.6. The molecular formula is C12H18N2O5S2. The van der Waals surface area contributed by atoms with E-state index in [-0.39, 0.29) is 36.8 Å². The highest BCUT2D eigenvalue weighted by atomic mass is 32.2. The van der Waals surface area contributed by atoms with Crippen LogP contribution in [0.15, 0.2) is 29.2 Å². The predicted octanol–water partition coefficient (Wildman–Crippen LogP) is -0.0389. The second kappa shape index (κ2) is 5.91. The summed E-state index contributed by atoms with van der Waals surface area (Å²) < 4.78 is 55.8. The Morgan fingerprint density at radius 2 is 1.48 bits per heavy atom. The third-order valence-corrected chi connectivity index (χ3v) is 6.59. The quantitative estimate of drug-likeness (QED) is 0.771. The van der Waals surface area contributed by atoms with Gasteiger partial charge in [0.2, 0.25) is 20.0 Å². The number of hydrogen-bond acceptors (Lipinski definition) is 5. The first kappa shape index (κ1) is 16.2. The molecule has 21 heavy (non-hydrogen) atoms. The minimum atomic E-state index is -3.69. The van der Waals surface area contributed by atoms with Gasteiger partial charge in [-0.05, 0) is 12.1 Å². The van der Waals surface area contributed by atoms with E-state index in [0.29, 0.717) is 0 Å². The average molecular weight is 334 g/mol. The van der Waals surface area contributed by atoms with Crippen LogP contribution < -0.4 is 4.74 Å². The number of sulfonamides is 2. The van der Waals surface area contributed by atoms with Crippen LogP contribution in [0, 0.1) is 0 Å². The molecule has 0 spiro atoms. The monoisotopic (exact) mass is 334 g/mol. The number of nitrogens with zero attached hydrogens (tertiary/aromatic N) is 2. The van der Waals surface area contributed by atoms with Crippen molar-refractivity contribution in [3.8, 4) is 5.75 Å². The van der Waals surface area contributed by atoms with Gasteiger partial charge in [0.1, 0.15) is 10.6 Å². The van der Waals surface area contributed by atoms with Gasteiger partial charge in [-0.1, -0.05) is 12.1 Å². The highest BCUT2D eigenvalue weighted by Gasteiger charge is 2.32. The lowest BCUT2D eigenvalue weighted by molar-refractivity contribution is 0.273. The molecule has 1 aliphatic heterocycles. The molecule has 0 atom stereocenters. The molecule has 0 N–H and O–H groups in total. The Bertz CT molecular complexity index is 707. The van der Waals surface area contributed by atoms with Crippen molar-refractivity contribution in [2.24, 2.45) is 0 Å². The Kier molecular flexibility index (Phi) is 4.57. The molecule has 9 heteroatoms. The first-order valence-corrected chi connectivity index (χ1v) is 9.64. The van der Waals surface area contributed by atoms with Crippen molar-refractivity contribution in [3.63, 3.8) is 0 Å². The standard InChI is InChI=1S/C12H18N2O5S2/c1-19-11-5-3-4-6-12(11)21(17,18)14-9-7-13(8-10-14)20(2,15)16/h3-6H,7-10H2,1-2H3. The molecule has 1 aromatic carbocycles. The number of methoxy groups -OCH3 is 1. The Morgan fingerprint density at radius 3 is 2.00 bits per heavy atom. The molecule has 0 aliphatic carbocycles. The van der Waals surface area contributed by atoms with Crippen LogP contribution in [-0.4, -0.2) is 65.0 Å². The lowest BCUT2D eigenvalue weighted by Gasteiger charge is -2.32. The van der Waals surface area contributed by atoms with Gasteiger partial charge in [-0.15, -0.1) is 0 Å². The van der Waals surface area contributed by atoms with E-state index < -0.39 is 20.0 Å². The Hall–Kier alpha value is -1.16. The maximum absolute atomic E-state index is 12.6. The molecule has 1 fully saturated rings. The summed E-state index contributed by atoms with van der Waals surface area (Å²) in [6.45, 7) is 0.585. The fourth-order valence-electron chi connectivity index (χ4n) is 2.21. The van der Waals surface area contributed by atoms with Gasteiger partial charge < -0.3 is 4.74 Å². The van der Waals surface area contributed by atoms with Gasteiger partial charge in [0.05, 0.1) is 13.4 Å². The second-order valence-electron chi connectivity index (χ2n) is 4.72. The smallest absolute Gasteiger partial charge is 0.246 e. The SMILES string of the molecule is COc1ccccc1S(=O)(=O)N1CCN(S(C)(=O)=O)CC1. The van der Waals surface area contributed by atoms with E-state index in [9.17, 15) is 16.8 Å². The van der Waals surface area contributed by atoms with Crippen molar-refractivity contribution < 1.29 is 21.6 Å². The van der Waals surface area contributed by atoms with Gasteiger partial charge in [-0.3, -0.25) is 0 Å². The zero-order valence-corrected chi connectivity index (χ0v) is 13.5. The van der Waals surface area contributed by atoms with Crippen molar-refractivity contribution >= 4 is 20.0 Å². The van der Waals surface area contributed by atoms with E-state index in [0.717, 1.165) is 6.26 Å². The van der Waals surface area contributed by atoms with Crippen molar-refractivity contribution in [3.05, 3.63) is 24.3 Å². The van der Waals surface area contributed by atoms with Crippen LogP contribution in [-0.2, 0) is 20.0 Å². The van der Waals surface area contributed by atoms with Gasteiger partial charge in [0.15, 0.2) is 0 Å². The lowest BCUT2D eigenvalue weighted by atomic mass is 10.3. The maximum Gasteiger partial charge on any atom is 0.246 e. The molecule has 7 nitrogen and oxygen atoms in total. The van der Waals surface area contributed by atoms with E-state index >= 15 is 0 Å². The summed E-state index contributed by atoms with van der Waals surface area (Å²) in [4.78, 5) is 0.0975. The van der Waals surface area contributed by atoms with E-state index in [1.165, 1.54) is 21.8 Å².